The molecule has 18 heteroatoms. The number of fused-ring (bicyclic) bond motifs is 1. The number of carbonyl (C=O) groups is 2. The number of carbonyl (C=O) groups excluding carboxylic acids is 2. The molecule has 0 bridgehead atoms. The number of nitrogens with zero attached hydrogens (tertiary/aromatic N) is 2. The maximum atomic E-state index is 13.3. The highest BCUT2D eigenvalue weighted by Gasteiger charge is 2.37. The summed E-state index contributed by atoms with van der Waals surface area (Å²) in [5, 5.41) is 33.8. The van der Waals surface area contributed by atoms with E-state index in [-0.39, 0.29) is 16.9 Å². The third kappa shape index (κ3) is 6.14. The SMILES string of the molecule is O=C1C=CC([C@H]2Oc3cc(OS(=O)(=O)c4ccccc4[N+](=O)[O-])cc(OS(=O)(=O)c4ccccc4[N+](=O)[O-])c3C[C@@H]2O)=CC1=O. The number of allylic oxidation sites excluding steroid dienone is 2. The molecule has 0 fully saturated rings. The number of para-hydroxylation sites is 2. The Bertz CT molecular complexity index is 2070. The van der Waals surface area contributed by atoms with Crippen LogP contribution in [0.25, 0.3) is 0 Å². The van der Waals surface area contributed by atoms with E-state index >= 15 is 0 Å². The molecule has 1 aliphatic heterocycles. The van der Waals surface area contributed by atoms with Crippen LogP contribution < -0.4 is 13.1 Å². The van der Waals surface area contributed by atoms with Crippen LogP contribution in [0.2, 0.25) is 0 Å². The van der Waals surface area contributed by atoms with Crippen LogP contribution in [0, 0.1) is 20.2 Å². The molecule has 1 heterocycles. The summed E-state index contributed by atoms with van der Waals surface area (Å²) in [6, 6.07) is 10.3. The first-order valence-corrected chi connectivity index (χ1v) is 15.3. The fourth-order valence-corrected chi connectivity index (χ4v) is 6.72. The molecule has 45 heavy (non-hydrogen) atoms. The molecule has 0 unspecified atom stereocenters. The predicted octanol–water partition coefficient (Wildman–Crippen LogP) is 2.34. The first-order chi connectivity index (χ1) is 21.2. The number of nitro groups is 2. The van der Waals surface area contributed by atoms with E-state index in [1.54, 1.807) is 0 Å². The number of hydrogen-bond donors (Lipinski definition) is 1. The van der Waals surface area contributed by atoms with Crippen molar-refractivity contribution in [3.63, 3.8) is 0 Å². The molecule has 232 valence electrons. The topological polar surface area (TPSA) is 237 Å². The molecule has 0 spiro atoms. The molecule has 3 aromatic carbocycles. The summed E-state index contributed by atoms with van der Waals surface area (Å²) in [6.45, 7) is 0. The van der Waals surface area contributed by atoms with Crippen molar-refractivity contribution < 1.29 is 54.5 Å². The first-order valence-electron chi connectivity index (χ1n) is 12.5. The Kier molecular flexibility index (Phi) is 7.96. The molecule has 0 saturated carbocycles. The van der Waals surface area contributed by atoms with Gasteiger partial charge in [-0.1, -0.05) is 30.3 Å². The quantitative estimate of drug-likeness (QED) is 0.114. The summed E-state index contributed by atoms with van der Waals surface area (Å²) in [6.07, 6.45) is -0.0852. The van der Waals surface area contributed by atoms with Gasteiger partial charge >= 0.3 is 20.2 Å². The van der Waals surface area contributed by atoms with E-state index in [9.17, 15) is 51.8 Å². The van der Waals surface area contributed by atoms with Crippen LogP contribution in [0.1, 0.15) is 5.56 Å². The minimum Gasteiger partial charge on any atom is -0.482 e. The standard InChI is InChI=1S/C27H18N2O14S2/c30-20-10-9-15(11-21(20)31)27-22(32)14-17-23(41-27)12-16(42-44(37,38)25-7-3-1-5-18(25)28(33)34)13-24(17)43-45(39,40)26-8-4-2-6-19(26)29(35)36/h1-13,22,27,32H,14H2/t22-,27+/m0/s1. The Balaban J connectivity index is 1.62. The molecule has 3 aromatic rings. The summed E-state index contributed by atoms with van der Waals surface area (Å²) in [7, 11) is -9.95. The maximum absolute atomic E-state index is 13.3. The number of rotatable bonds is 9. The molecular formula is C27H18N2O14S2. The molecule has 5 rings (SSSR count). The monoisotopic (exact) mass is 658 g/mol. The van der Waals surface area contributed by atoms with Crippen molar-refractivity contribution in [3.05, 3.63) is 110 Å². The van der Waals surface area contributed by atoms with Crippen molar-refractivity contribution in [2.45, 2.75) is 28.4 Å². The van der Waals surface area contributed by atoms with Crippen LogP contribution in [-0.2, 0) is 36.2 Å². The molecule has 0 aromatic heterocycles. The van der Waals surface area contributed by atoms with Crippen LogP contribution in [0.5, 0.6) is 17.2 Å². The van der Waals surface area contributed by atoms with Gasteiger partial charge in [-0.05, 0) is 29.9 Å². The van der Waals surface area contributed by atoms with E-state index in [2.05, 4.69) is 0 Å². The normalized spacial score (nSPS) is 17.9. The van der Waals surface area contributed by atoms with Crippen molar-refractivity contribution >= 4 is 43.2 Å². The largest absolute Gasteiger partial charge is 0.482 e. The van der Waals surface area contributed by atoms with E-state index in [4.69, 9.17) is 13.1 Å². The summed E-state index contributed by atoms with van der Waals surface area (Å²) in [5.41, 5.74) is -1.73. The van der Waals surface area contributed by atoms with Gasteiger partial charge in [-0.2, -0.15) is 16.8 Å². The van der Waals surface area contributed by atoms with Gasteiger partial charge in [-0.3, -0.25) is 29.8 Å². The Morgan fingerprint density at radius 3 is 1.91 bits per heavy atom. The summed E-state index contributed by atoms with van der Waals surface area (Å²) < 4.78 is 68.9. The molecule has 2 aliphatic rings. The lowest BCUT2D eigenvalue weighted by atomic mass is 9.91. The minimum atomic E-state index is -5.00. The highest BCUT2D eigenvalue weighted by Crippen LogP contribution is 2.43. The highest BCUT2D eigenvalue weighted by molar-refractivity contribution is 7.87. The number of hydrogen-bond acceptors (Lipinski definition) is 14. The molecule has 1 aliphatic carbocycles. The third-order valence-electron chi connectivity index (χ3n) is 6.52. The van der Waals surface area contributed by atoms with E-state index in [0.29, 0.717) is 0 Å². The van der Waals surface area contributed by atoms with Crippen LogP contribution >= 0.6 is 0 Å². The zero-order chi connectivity index (χ0) is 32.7. The zero-order valence-corrected chi connectivity index (χ0v) is 24.0. The van der Waals surface area contributed by atoms with Crippen LogP contribution in [0.4, 0.5) is 11.4 Å². The van der Waals surface area contributed by atoms with Gasteiger partial charge in [0.15, 0.2) is 15.5 Å². The second kappa shape index (κ2) is 11.6. The smallest absolute Gasteiger partial charge is 0.346 e. The molecule has 16 nitrogen and oxygen atoms in total. The Labute approximate surface area is 253 Å². The predicted molar refractivity (Wildman–Crippen MR) is 150 cm³/mol. The average Bonchev–Trinajstić information content (AvgIpc) is 2.98. The molecule has 0 amide bonds. The van der Waals surface area contributed by atoms with Crippen molar-refractivity contribution in [2.24, 2.45) is 0 Å². The fourth-order valence-electron chi connectivity index (χ4n) is 4.52. The lowest BCUT2D eigenvalue weighted by Crippen LogP contribution is -2.39. The molecule has 1 N–H and O–H groups in total. The van der Waals surface area contributed by atoms with Crippen molar-refractivity contribution in [3.8, 4) is 17.2 Å². The van der Waals surface area contributed by atoms with Gasteiger partial charge in [0.2, 0.25) is 11.6 Å². The van der Waals surface area contributed by atoms with E-state index in [1.807, 2.05) is 0 Å². The maximum Gasteiger partial charge on any atom is 0.346 e. The van der Waals surface area contributed by atoms with Crippen LogP contribution in [0.3, 0.4) is 0 Å². The van der Waals surface area contributed by atoms with Gasteiger partial charge in [-0.25, -0.2) is 0 Å². The Morgan fingerprint density at radius 2 is 1.36 bits per heavy atom. The third-order valence-corrected chi connectivity index (χ3v) is 9.10. The van der Waals surface area contributed by atoms with Crippen molar-refractivity contribution in [1.82, 2.24) is 0 Å². The van der Waals surface area contributed by atoms with Gasteiger partial charge in [0, 0.05) is 36.2 Å². The number of ether oxygens (including phenoxy) is 1. The second-order valence-electron chi connectivity index (χ2n) is 9.44. The van der Waals surface area contributed by atoms with Crippen molar-refractivity contribution in [2.75, 3.05) is 0 Å². The average molecular weight is 659 g/mol. The highest BCUT2D eigenvalue weighted by atomic mass is 32.2. The molecule has 0 radical (unpaired) electrons. The summed E-state index contributed by atoms with van der Waals surface area (Å²) in [4.78, 5) is 42.9. The summed E-state index contributed by atoms with van der Waals surface area (Å²) in [5.74, 6) is -3.34. The van der Waals surface area contributed by atoms with Gasteiger partial charge in [0.25, 0.3) is 11.4 Å². The number of ketones is 2. The lowest BCUT2D eigenvalue weighted by molar-refractivity contribution is -0.388. The number of benzene rings is 3. The summed E-state index contributed by atoms with van der Waals surface area (Å²) >= 11 is 0. The Morgan fingerprint density at radius 1 is 0.800 bits per heavy atom. The second-order valence-corrected chi connectivity index (χ2v) is 12.5. The van der Waals surface area contributed by atoms with Gasteiger partial charge in [0.1, 0.15) is 17.6 Å². The fraction of sp³-hybridized carbons (Fsp3) is 0.111. The number of nitro benzene ring substituents is 2. The van der Waals surface area contributed by atoms with E-state index in [1.165, 1.54) is 30.3 Å². The van der Waals surface area contributed by atoms with Crippen LogP contribution in [0.15, 0.2) is 94.3 Å². The minimum absolute atomic E-state index is 0.0617. The molecule has 0 saturated heterocycles. The number of aliphatic hydroxyl groups excluding tert-OH is 1. The van der Waals surface area contributed by atoms with Gasteiger partial charge in [-0.15, -0.1) is 0 Å². The van der Waals surface area contributed by atoms with E-state index < -0.39 is 92.9 Å². The first kappa shape index (κ1) is 31.0. The lowest BCUT2D eigenvalue weighted by Gasteiger charge is -2.32. The molecular weight excluding hydrogens is 640 g/mol. The van der Waals surface area contributed by atoms with Crippen molar-refractivity contribution in [1.29, 1.82) is 0 Å². The number of aliphatic hydroxyl groups is 1. The van der Waals surface area contributed by atoms with E-state index in [0.717, 1.165) is 48.6 Å². The Hall–Kier alpha value is -5.46. The zero-order valence-electron chi connectivity index (χ0n) is 22.3. The van der Waals surface area contributed by atoms with Gasteiger partial charge < -0.3 is 18.2 Å². The van der Waals surface area contributed by atoms with Gasteiger partial charge in [0.05, 0.1) is 16.0 Å². The van der Waals surface area contributed by atoms with Crippen LogP contribution in [-0.4, -0.2) is 55.6 Å². The molecule has 2 atom stereocenters.